The van der Waals surface area contributed by atoms with Gasteiger partial charge in [0.1, 0.15) is 0 Å². The van der Waals surface area contributed by atoms with Gasteiger partial charge in [-0.25, -0.2) is 0 Å². The van der Waals surface area contributed by atoms with E-state index in [2.05, 4.69) is 71.0 Å². The fraction of sp³-hybridized carbons (Fsp3) is 0.389. The van der Waals surface area contributed by atoms with E-state index in [-0.39, 0.29) is 24.0 Å². The van der Waals surface area contributed by atoms with Crippen molar-refractivity contribution < 1.29 is 0 Å². The monoisotopic (exact) mass is 443 g/mol. The third-order valence-corrected chi connectivity index (χ3v) is 4.72. The summed E-state index contributed by atoms with van der Waals surface area (Å²) < 4.78 is 0. The van der Waals surface area contributed by atoms with Crippen LogP contribution in [0.4, 0.5) is 0 Å². The Hall–Kier alpha value is -1.08. The van der Waals surface area contributed by atoms with Gasteiger partial charge in [0.2, 0.25) is 0 Å². The third-order valence-electron chi connectivity index (χ3n) is 3.79. The molecule has 23 heavy (non-hydrogen) atoms. The molecule has 0 saturated heterocycles. The second-order valence-electron chi connectivity index (χ2n) is 5.40. The van der Waals surface area contributed by atoms with E-state index in [9.17, 15) is 0 Å². The lowest BCUT2D eigenvalue weighted by Crippen LogP contribution is -2.40. The Balaban J connectivity index is 0.00000264. The van der Waals surface area contributed by atoms with Crippen LogP contribution in [0.15, 0.2) is 46.8 Å². The molecule has 3 nitrogen and oxygen atoms in total. The maximum Gasteiger partial charge on any atom is 0.193 e. The van der Waals surface area contributed by atoms with Gasteiger partial charge in [-0.3, -0.25) is 4.99 Å². The van der Waals surface area contributed by atoms with Gasteiger partial charge in [0, 0.05) is 32.1 Å². The molecule has 1 aromatic heterocycles. The Kier molecular flexibility index (Phi) is 9.24. The molecule has 2 rings (SSSR count). The molecular formula is C18H26IN3S. The summed E-state index contributed by atoms with van der Waals surface area (Å²) in [4.78, 5) is 7.99. The number of guanidine groups is 1. The third kappa shape index (κ3) is 6.51. The number of halogens is 1. The maximum atomic E-state index is 4.38. The Bertz CT molecular complexity index is 596. The molecule has 0 amide bonds. The molecule has 2 aromatic rings. The average Bonchev–Trinajstić information content (AvgIpc) is 3.04. The maximum absolute atomic E-state index is 4.38. The zero-order valence-electron chi connectivity index (χ0n) is 14.1. The van der Waals surface area contributed by atoms with E-state index in [1.54, 1.807) is 0 Å². The van der Waals surface area contributed by atoms with Crippen molar-refractivity contribution in [2.75, 3.05) is 27.2 Å². The van der Waals surface area contributed by atoms with Crippen LogP contribution in [0.1, 0.15) is 16.0 Å². The van der Waals surface area contributed by atoms with E-state index < -0.39 is 0 Å². The van der Waals surface area contributed by atoms with Gasteiger partial charge in [-0.05, 0) is 42.3 Å². The van der Waals surface area contributed by atoms with Gasteiger partial charge < -0.3 is 10.2 Å². The average molecular weight is 443 g/mol. The van der Waals surface area contributed by atoms with E-state index in [4.69, 9.17) is 0 Å². The number of nitrogens with zero attached hydrogens (tertiary/aromatic N) is 2. The van der Waals surface area contributed by atoms with Gasteiger partial charge in [0.05, 0.1) is 0 Å². The number of benzene rings is 1. The molecule has 0 bridgehead atoms. The normalized spacial score (nSPS) is 11.0. The van der Waals surface area contributed by atoms with Crippen LogP contribution < -0.4 is 5.32 Å². The highest BCUT2D eigenvalue weighted by molar-refractivity contribution is 14.0. The molecule has 1 heterocycles. The van der Waals surface area contributed by atoms with Crippen LogP contribution in [0.5, 0.6) is 0 Å². The lowest BCUT2D eigenvalue weighted by atomic mass is 10.1. The van der Waals surface area contributed by atoms with E-state index in [0.29, 0.717) is 0 Å². The smallest absolute Gasteiger partial charge is 0.193 e. The Morgan fingerprint density at radius 2 is 1.96 bits per heavy atom. The largest absolute Gasteiger partial charge is 0.356 e. The van der Waals surface area contributed by atoms with Gasteiger partial charge >= 0.3 is 0 Å². The van der Waals surface area contributed by atoms with Crippen molar-refractivity contribution in [1.29, 1.82) is 0 Å². The first-order valence-corrected chi connectivity index (χ1v) is 8.57. The van der Waals surface area contributed by atoms with Crippen LogP contribution in [0.2, 0.25) is 0 Å². The van der Waals surface area contributed by atoms with Crippen molar-refractivity contribution in [3.05, 3.63) is 57.8 Å². The van der Waals surface area contributed by atoms with Gasteiger partial charge in [0.15, 0.2) is 5.96 Å². The van der Waals surface area contributed by atoms with Crippen LogP contribution in [0.3, 0.4) is 0 Å². The molecule has 1 aromatic carbocycles. The SMILES string of the molecule is CN=C(NCCc1ccccc1C)N(C)CCc1cccs1.I. The van der Waals surface area contributed by atoms with E-state index in [0.717, 1.165) is 31.9 Å². The molecule has 0 unspecified atom stereocenters. The number of thiophene rings is 1. The number of aliphatic imine (C=N–C) groups is 1. The zero-order chi connectivity index (χ0) is 15.8. The van der Waals surface area contributed by atoms with Gasteiger partial charge in [-0.1, -0.05) is 30.3 Å². The number of likely N-dealkylation sites (N-methyl/N-ethyl adjacent to an activating group) is 1. The zero-order valence-corrected chi connectivity index (χ0v) is 17.2. The van der Waals surface area contributed by atoms with Crippen LogP contribution in [0, 0.1) is 6.92 Å². The fourth-order valence-corrected chi connectivity index (χ4v) is 3.12. The summed E-state index contributed by atoms with van der Waals surface area (Å²) in [6, 6.07) is 12.8. The van der Waals surface area contributed by atoms with Gasteiger partial charge in [-0.15, -0.1) is 35.3 Å². The van der Waals surface area contributed by atoms with Crippen LogP contribution in [-0.2, 0) is 12.8 Å². The minimum Gasteiger partial charge on any atom is -0.356 e. The number of hydrogen-bond acceptors (Lipinski definition) is 2. The first-order valence-electron chi connectivity index (χ1n) is 7.69. The molecule has 0 saturated carbocycles. The number of aryl methyl sites for hydroxylation is 1. The quantitative estimate of drug-likeness (QED) is 0.416. The lowest BCUT2D eigenvalue weighted by Gasteiger charge is -2.22. The standard InChI is InChI=1S/C18H25N3S.HI/c1-15-7-4-5-8-16(15)10-12-20-18(19-2)21(3)13-11-17-9-6-14-22-17;/h4-9,14H,10-13H2,1-3H3,(H,19,20);1H. The van der Waals surface area contributed by atoms with Gasteiger partial charge in [0.25, 0.3) is 0 Å². The Morgan fingerprint density at radius 3 is 2.61 bits per heavy atom. The molecule has 1 N–H and O–H groups in total. The number of hydrogen-bond donors (Lipinski definition) is 1. The van der Waals surface area contributed by atoms with Crippen molar-refractivity contribution in [1.82, 2.24) is 10.2 Å². The summed E-state index contributed by atoms with van der Waals surface area (Å²) in [6.45, 7) is 4.04. The van der Waals surface area contributed by atoms with Crippen LogP contribution in [0.25, 0.3) is 0 Å². The van der Waals surface area contributed by atoms with Crippen molar-refractivity contribution in [2.45, 2.75) is 19.8 Å². The van der Waals surface area contributed by atoms with Crippen molar-refractivity contribution in [3.63, 3.8) is 0 Å². The first-order chi connectivity index (χ1) is 10.7. The predicted molar refractivity (Wildman–Crippen MR) is 112 cm³/mol. The molecule has 0 atom stereocenters. The van der Waals surface area contributed by atoms with E-state index >= 15 is 0 Å². The summed E-state index contributed by atoms with van der Waals surface area (Å²) in [5, 5.41) is 5.58. The second-order valence-corrected chi connectivity index (χ2v) is 6.43. The minimum atomic E-state index is 0. The summed E-state index contributed by atoms with van der Waals surface area (Å²) in [7, 11) is 3.94. The van der Waals surface area contributed by atoms with Crippen molar-refractivity contribution in [2.24, 2.45) is 4.99 Å². The molecule has 0 aliphatic carbocycles. The summed E-state index contributed by atoms with van der Waals surface area (Å²) in [6.07, 6.45) is 2.08. The van der Waals surface area contributed by atoms with Gasteiger partial charge in [-0.2, -0.15) is 0 Å². The molecule has 126 valence electrons. The highest BCUT2D eigenvalue weighted by Gasteiger charge is 2.06. The molecule has 0 fully saturated rings. The second kappa shape index (κ2) is 10.6. The van der Waals surface area contributed by atoms with Crippen molar-refractivity contribution >= 4 is 41.3 Å². The fourth-order valence-electron chi connectivity index (χ4n) is 2.42. The summed E-state index contributed by atoms with van der Waals surface area (Å²) in [5.74, 6) is 0.963. The Morgan fingerprint density at radius 1 is 1.17 bits per heavy atom. The first kappa shape index (κ1) is 20.0. The molecule has 5 heteroatoms. The topological polar surface area (TPSA) is 27.6 Å². The summed E-state index contributed by atoms with van der Waals surface area (Å²) >= 11 is 1.81. The number of rotatable bonds is 6. The van der Waals surface area contributed by atoms with E-state index in [1.165, 1.54) is 16.0 Å². The molecule has 0 spiro atoms. The lowest BCUT2D eigenvalue weighted by molar-refractivity contribution is 0.487. The number of nitrogens with one attached hydrogen (secondary N) is 1. The predicted octanol–water partition coefficient (Wildman–Crippen LogP) is 3.97. The molecule has 0 aliphatic rings. The summed E-state index contributed by atoms with van der Waals surface area (Å²) in [5.41, 5.74) is 2.75. The highest BCUT2D eigenvalue weighted by Crippen LogP contribution is 2.09. The molecule has 0 radical (unpaired) electrons. The molecule has 0 aliphatic heterocycles. The van der Waals surface area contributed by atoms with Crippen LogP contribution >= 0.6 is 35.3 Å². The van der Waals surface area contributed by atoms with Crippen molar-refractivity contribution in [3.8, 4) is 0 Å². The van der Waals surface area contributed by atoms with Crippen LogP contribution in [-0.4, -0.2) is 38.0 Å². The highest BCUT2D eigenvalue weighted by atomic mass is 127. The minimum absolute atomic E-state index is 0. The Labute approximate surface area is 160 Å². The molecular weight excluding hydrogens is 417 g/mol. The van der Waals surface area contributed by atoms with E-state index in [1.807, 2.05) is 18.4 Å².